The van der Waals surface area contributed by atoms with Crippen LogP contribution in [0.15, 0.2) is 48.5 Å². The number of phenols is 1. The van der Waals surface area contributed by atoms with Gasteiger partial charge in [0.15, 0.2) is 0 Å². The van der Waals surface area contributed by atoms with E-state index >= 15 is 0 Å². The second-order valence-electron chi connectivity index (χ2n) is 4.27. The Balaban J connectivity index is 2.17. The molecule has 0 aliphatic carbocycles. The normalized spacial score (nSPS) is 12.3. The van der Waals surface area contributed by atoms with Gasteiger partial charge in [-0.05, 0) is 48.9 Å². The quantitative estimate of drug-likeness (QED) is 0.882. The van der Waals surface area contributed by atoms with Crippen molar-refractivity contribution in [1.82, 2.24) is 5.32 Å². The van der Waals surface area contributed by atoms with E-state index in [4.69, 9.17) is 11.6 Å². The van der Waals surface area contributed by atoms with Crippen LogP contribution in [0.25, 0.3) is 0 Å². The molecule has 0 aliphatic rings. The van der Waals surface area contributed by atoms with Crippen LogP contribution < -0.4 is 5.32 Å². The molecule has 94 valence electrons. The molecule has 0 saturated heterocycles. The minimum Gasteiger partial charge on any atom is -0.508 e. The fourth-order valence-electron chi connectivity index (χ4n) is 2.00. The van der Waals surface area contributed by atoms with Gasteiger partial charge in [0, 0.05) is 11.1 Å². The summed E-state index contributed by atoms with van der Waals surface area (Å²) in [5, 5.41) is 13.5. The number of aromatic hydroxyl groups is 1. The maximum atomic E-state index is 9.47. The molecule has 0 spiro atoms. The molecule has 2 rings (SSSR count). The lowest BCUT2D eigenvalue weighted by Gasteiger charge is -2.17. The number of rotatable bonds is 4. The van der Waals surface area contributed by atoms with Gasteiger partial charge in [0.05, 0.1) is 0 Å². The van der Waals surface area contributed by atoms with Crippen LogP contribution in [-0.2, 0) is 6.42 Å². The third-order valence-electron chi connectivity index (χ3n) is 2.97. The number of benzene rings is 2. The number of hydrogen-bond acceptors (Lipinski definition) is 2. The van der Waals surface area contributed by atoms with Crippen molar-refractivity contribution in [3.63, 3.8) is 0 Å². The molecule has 1 atom stereocenters. The molecule has 0 aliphatic heterocycles. The predicted molar refractivity (Wildman–Crippen MR) is 75.1 cm³/mol. The van der Waals surface area contributed by atoms with Gasteiger partial charge in [0.25, 0.3) is 0 Å². The smallest absolute Gasteiger partial charge is 0.115 e. The first-order chi connectivity index (χ1) is 8.69. The Morgan fingerprint density at radius 1 is 1.17 bits per heavy atom. The lowest BCUT2D eigenvalue weighted by Crippen LogP contribution is -2.18. The Kier molecular flexibility index (Phi) is 4.24. The summed E-state index contributed by atoms with van der Waals surface area (Å²) in [4.78, 5) is 0. The van der Waals surface area contributed by atoms with Crippen molar-refractivity contribution >= 4 is 11.6 Å². The molecule has 0 aromatic heterocycles. The molecule has 2 aromatic carbocycles. The standard InChI is InChI=1S/C15H16ClNO/c1-17-15(12-5-7-13(16)8-6-12)10-11-3-2-4-14(18)9-11/h2-9,15,17-18H,10H2,1H3. The van der Waals surface area contributed by atoms with Crippen molar-refractivity contribution in [2.24, 2.45) is 0 Å². The van der Waals surface area contributed by atoms with Gasteiger partial charge in [-0.25, -0.2) is 0 Å². The molecule has 0 fully saturated rings. The summed E-state index contributed by atoms with van der Waals surface area (Å²) in [5.74, 6) is 0.304. The van der Waals surface area contributed by atoms with Crippen molar-refractivity contribution in [1.29, 1.82) is 0 Å². The van der Waals surface area contributed by atoms with Crippen molar-refractivity contribution < 1.29 is 5.11 Å². The van der Waals surface area contributed by atoms with Crippen molar-refractivity contribution in [2.75, 3.05) is 7.05 Å². The average molecular weight is 262 g/mol. The SMILES string of the molecule is CNC(Cc1cccc(O)c1)c1ccc(Cl)cc1. The Labute approximate surface area is 112 Å². The van der Waals surface area contributed by atoms with Crippen molar-refractivity contribution in [3.05, 3.63) is 64.7 Å². The number of halogens is 1. The van der Waals surface area contributed by atoms with Gasteiger partial charge in [-0.1, -0.05) is 35.9 Å². The van der Waals surface area contributed by atoms with Gasteiger partial charge in [-0.15, -0.1) is 0 Å². The number of likely N-dealkylation sites (N-methyl/N-ethyl adjacent to an activating group) is 1. The number of phenolic OH excluding ortho intramolecular Hbond substituents is 1. The lowest BCUT2D eigenvalue weighted by molar-refractivity contribution is 0.473. The molecule has 0 saturated carbocycles. The first kappa shape index (κ1) is 12.9. The number of hydrogen-bond donors (Lipinski definition) is 2. The zero-order valence-electron chi connectivity index (χ0n) is 10.2. The van der Waals surface area contributed by atoms with Gasteiger partial charge in [0.1, 0.15) is 5.75 Å². The van der Waals surface area contributed by atoms with Crippen LogP contribution in [0.1, 0.15) is 17.2 Å². The molecule has 2 aromatic rings. The highest BCUT2D eigenvalue weighted by Crippen LogP contribution is 2.21. The van der Waals surface area contributed by atoms with Crippen molar-refractivity contribution in [2.45, 2.75) is 12.5 Å². The maximum Gasteiger partial charge on any atom is 0.115 e. The Hall–Kier alpha value is -1.51. The largest absolute Gasteiger partial charge is 0.508 e. The first-order valence-electron chi connectivity index (χ1n) is 5.89. The maximum absolute atomic E-state index is 9.47. The summed E-state index contributed by atoms with van der Waals surface area (Å²) in [6, 6.07) is 15.4. The Bertz CT molecular complexity index is 510. The molecule has 2 nitrogen and oxygen atoms in total. The van der Waals surface area contributed by atoms with E-state index in [9.17, 15) is 5.11 Å². The van der Waals surface area contributed by atoms with Crippen LogP contribution >= 0.6 is 11.6 Å². The molecule has 3 heteroatoms. The average Bonchev–Trinajstić information content (AvgIpc) is 2.37. The summed E-state index contributed by atoms with van der Waals surface area (Å²) >= 11 is 5.89. The van der Waals surface area contributed by atoms with Crippen LogP contribution in [0.5, 0.6) is 5.75 Å². The molecule has 2 N–H and O–H groups in total. The van der Waals surface area contributed by atoms with E-state index in [2.05, 4.69) is 5.32 Å². The number of nitrogens with one attached hydrogen (secondary N) is 1. The van der Waals surface area contributed by atoms with Crippen LogP contribution in [0.2, 0.25) is 5.02 Å². The zero-order chi connectivity index (χ0) is 13.0. The fraction of sp³-hybridized carbons (Fsp3) is 0.200. The molecule has 1 unspecified atom stereocenters. The van der Waals surface area contributed by atoms with Crippen LogP contribution in [0.4, 0.5) is 0 Å². The summed E-state index contributed by atoms with van der Waals surface area (Å²) in [7, 11) is 1.93. The topological polar surface area (TPSA) is 32.3 Å². The van der Waals surface area contributed by atoms with E-state index in [1.54, 1.807) is 12.1 Å². The highest BCUT2D eigenvalue weighted by atomic mass is 35.5. The Morgan fingerprint density at radius 3 is 2.50 bits per heavy atom. The van der Waals surface area contributed by atoms with Gasteiger partial charge < -0.3 is 10.4 Å². The third-order valence-corrected chi connectivity index (χ3v) is 3.22. The summed E-state index contributed by atoms with van der Waals surface area (Å²) < 4.78 is 0. The van der Waals surface area contributed by atoms with E-state index in [1.165, 1.54) is 5.56 Å². The highest BCUT2D eigenvalue weighted by Gasteiger charge is 2.10. The molecule has 0 heterocycles. The van der Waals surface area contributed by atoms with E-state index < -0.39 is 0 Å². The molecule has 0 amide bonds. The van der Waals surface area contributed by atoms with Gasteiger partial charge in [-0.3, -0.25) is 0 Å². The van der Waals surface area contributed by atoms with Crippen LogP contribution in [-0.4, -0.2) is 12.2 Å². The summed E-state index contributed by atoms with van der Waals surface area (Å²) in [6.07, 6.45) is 0.826. The Morgan fingerprint density at radius 2 is 1.89 bits per heavy atom. The van der Waals surface area contributed by atoms with E-state index in [0.717, 1.165) is 17.0 Å². The van der Waals surface area contributed by atoms with Gasteiger partial charge in [-0.2, -0.15) is 0 Å². The molecule has 0 radical (unpaired) electrons. The highest BCUT2D eigenvalue weighted by molar-refractivity contribution is 6.30. The monoisotopic (exact) mass is 261 g/mol. The van der Waals surface area contributed by atoms with E-state index in [0.29, 0.717) is 5.75 Å². The second-order valence-corrected chi connectivity index (χ2v) is 4.70. The third kappa shape index (κ3) is 3.25. The van der Waals surface area contributed by atoms with Crippen LogP contribution in [0, 0.1) is 0 Å². The fourth-order valence-corrected chi connectivity index (χ4v) is 2.13. The lowest BCUT2D eigenvalue weighted by atomic mass is 9.99. The molecular weight excluding hydrogens is 246 g/mol. The minimum absolute atomic E-state index is 0.212. The molecular formula is C15H16ClNO. The minimum atomic E-state index is 0.212. The van der Waals surface area contributed by atoms with Gasteiger partial charge in [0.2, 0.25) is 0 Å². The van der Waals surface area contributed by atoms with Gasteiger partial charge >= 0.3 is 0 Å². The second kappa shape index (κ2) is 5.89. The van der Waals surface area contributed by atoms with E-state index in [1.807, 2.05) is 43.4 Å². The van der Waals surface area contributed by atoms with E-state index in [-0.39, 0.29) is 6.04 Å². The predicted octanol–water partition coefficient (Wildman–Crippen LogP) is 3.55. The zero-order valence-corrected chi connectivity index (χ0v) is 11.0. The molecule has 18 heavy (non-hydrogen) atoms. The summed E-state index contributed by atoms with van der Waals surface area (Å²) in [6.45, 7) is 0. The summed E-state index contributed by atoms with van der Waals surface area (Å²) in [5.41, 5.74) is 2.29. The first-order valence-corrected chi connectivity index (χ1v) is 6.27. The molecule has 0 bridgehead atoms. The van der Waals surface area contributed by atoms with Crippen molar-refractivity contribution in [3.8, 4) is 5.75 Å². The van der Waals surface area contributed by atoms with Crippen LogP contribution in [0.3, 0.4) is 0 Å².